The van der Waals surface area contributed by atoms with Crippen molar-refractivity contribution in [3.8, 4) is 17.2 Å². The fourth-order valence-corrected chi connectivity index (χ4v) is 2.90. The number of carbonyl (C=O) groups is 2. The van der Waals surface area contributed by atoms with E-state index in [1.54, 1.807) is 18.2 Å². The highest BCUT2D eigenvalue weighted by atomic mass is 35.5. The first-order chi connectivity index (χ1) is 12.9. The van der Waals surface area contributed by atoms with Crippen LogP contribution in [-0.4, -0.2) is 39.7 Å². The van der Waals surface area contributed by atoms with Crippen molar-refractivity contribution in [3.63, 3.8) is 0 Å². The minimum Gasteiger partial charge on any atom is -0.493 e. The Morgan fingerprint density at radius 1 is 0.926 bits per heavy atom. The molecule has 8 heteroatoms. The Kier molecular flexibility index (Phi) is 7.33. The maximum Gasteiger partial charge on any atom is 0.310 e. The standard InChI is InChI=1S/C19H18Cl2O6/c1-24-16-7-11(8-17(25-2)19(16)26-3)15(22)10-27-18(23)9-12-13(20)5-4-6-14(12)21/h4-8H,9-10H2,1-3H3. The number of benzene rings is 2. The van der Waals surface area contributed by atoms with Crippen LogP contribution in [0.4, 0.5) is 0 Å². The zero-order valence-electron chi connectivity index (χ0n) is 15.0. The molecular weight excluding hydrogens is 395 g/mol. The van der Waals surface area contributed by atoms with Crippen LogP contribution in [0.15, 0.2) is 30.3 Å². The largest absolute Gasteiger partial charge is 0.493 e. The second kappa shape index (κ2) is 9.48. The molecule has 0 N–H and O–H groups in total. The number of Topliss-reactive ketones (excluding diaryl/α,β-unsaturated/α-hetero) is 1. The maximum atomic E-state index is 12.4. The summed E-state index contributed by atoms with van der Waals surface area (Å²) in [6.45, 7) is -0.445. The molecule has 0 radical (unpaired) electrons. The molecule has 0 saturated heterocycles. The van der Waals surface area contributed by atoms with Gasteiger partial charge in [0, 0.05) is 21.2 Å². The Balaban J connectivity index is 2.08. The summed E-state index contributed by atoms with van der Waals surface area (Å²) in [4.78, 5) is 24.4. The van der Waals surface area contributed by atoms with Crippen LogP contribution < -0.4 is 14.2 Å². The summed E-state index contributed by atoms with van der Waals surface area (Å²) in [5.41, 5.74) is 0.708. The normalized spacial score (nSPS) is 10.3. The van der Waals surface area contributed by atoms with Crippen molar-refractivity contribution in [2.45, 2.75) is 6.42 Å². The van der Waals surface area contributed by atoms with Gasteiger partial charge in [-0.25, -0.2) is 0 Å². The molecule has 0 heterocycles. The molecule has 0 atom stereocenters. The highest BCUT2D eigenvalue weighted by Gasteiger charge is 2.19. The van der Waals surface area contributed by atoms with E-state index >= 15 is 0 Å². The van der Waals surface area contributed by atoms with Gasteiger partial charge in [0.1, 0.15) is 0 Å². The van der Waals surface area contributed by atoms with Crippen molar-refractivity contribution >= 4 is 35.0 Å². The molecule has 27 heavy (non-hydrogen) atoms. The fraction of sp³-hybridized carbons (Fsp3) is 0.263. The fourth-order valence-electron chi connectivity index (χ4n) is 2.37. The predicted octanol–water partition coefficient (Wildman–Crippen LogP) is 3.99. The molecule has 0 aliphatic heterocycles. The topological polar surface area (TPSA) is 71.1 Å². The summed E-state index contributed by atoms with van der Waals surface area (Å²) in [6.07, 6.45) is -0.138. The van der Waals surface area contributed by atoms with Gasteiger partial charge in [-0.1, -0.05) is 29.3 Å². The molecule has 0 aliphatic carbocycles. The number of ether oxygens (including phenoxy) is 4. The predicted molar refractivity (Wildman–Crippen MR) is 102 cm³/mol. The number of hydrogen-bond donors (Lipinski definition) is 0. The molecule has 0 aliphatic rings. The molecule has 0 spiro atoms. The number of esters is 1. The maximum absolute atomic E-state index is 12.4. The number of carbonyl (C=O) groups excluding carboxylic acids is 2. The van der Waals surface area contributed by atoms with Gasteiger partial charge in [-0.15, -0.1) is 0 Å². The SMILES string of the molecule is COc1cc(C(=O)COC(=O)Cc2c(Cl)cccc2Cl)cc(OC)c1OC. The van der Waals surface area contributed by atoms with Gasteiger partial charge >= 0.3 is 5.97 Å². The summed E-state index contributed by atoms with van der Waals surface area (Å²) >= 11 is 12.1. The van der Waals surface area contributed by atoms with Gasteiger partial charge in [-0.3, -0.25) is 9.59 Å². The molecule has 0 unspecified atom stereocenters. The van der Waals surface area contributed by atoms with Crippen molar-refractivity contribution in [1.82, 2.24) is 0 Å². The molecule has 0 bridgehead atoms. The molecule has 6 nitrogen and oxygen atoms in total. The lowest BCUT2D eigenvalue weighted by Crippen LogP contribution is -2.16. The Labute approximate surface area is 166 Å². The average molecular weight is 413 g/mol. The smallest absolute Gasteiger partial charge is 0.310 e. The minimum absolute atomic E-state index is 0.138. The lowest BCUT2D eigenvalue weighted by atomic mass is 10.1. The summed E-state index contributed by atoms with van der Waals surface area (Å²) in [5, 5.41) is 0.714. The number of hydrogen-bond acceptors (Lipinski definition) is 6. The Morgan fingerprint density at radius 3 is 1.96 bits per heavy atom. The third-order valence-corrected chi connectivity index (χ3v) is 4.44. The van der Waals surface area contributed by atoms with E-state index in [2.05, 4.69) is 0 Å². The summed E-state index contributed by atoms with van der Waals surface area (Å²) in [5.74, 6) is -0.0238. The van der Waals surface area contributed by atoms with Crippen LogP contribution in [-0.2, 0) is 16.0 Å². The number of ketones is 1. The molecule has 0 fully saturated rings. The second-order valence-electron chi connectivity index (χ2n) is 5.37. The van der Waals surface area contributed by atoms with Crippen LogP contribution in [0.3, 0.4) is 0 Å². The first-order valence-corrected chi connectivity index (χ1v) is 8.58. The van der Waals surface area contributed by atoms with Crippen molar-refractivity contribution < 1.29 is 28.5 Å². The number of methoxy groups -OCH3 is 3. The first-order valence-electron chi connectivity index (χ1n) is 7.83. The van der Waals surface area contributed by atoms with Gasteiger partial charge < -0.3 is 18.9 Å². The van der Waals surface area contributed by atoms with Crippen molar-refractivity contribution in [3.05, 3.63) is 51.5 Å². The highest BCUT2D eigenvalue weighted by molar-refractivity contribution is 6.36. The lowest BCUT2D eigenvalue weighted by Gasteiger charge is -2.13. The summed E-state index contributed by atoms with van der Waals surface area (Å²) < 4.78 is 20.7. The zero-order chi connectivity index (χ0) is 20.0. The van der Waals surface area contributed by atoms with E-state index < -0.39 is 18.4 Å². The molecule has 0 saturated carbocycles. The van der Waals surface area contributed by atoms with E-state index in [1.807, 2.05) is 0 Å². The van der Waals surface area contributed by atoms with E-state index in [4.69, 9.17) is 42.1 Å². The second-order valence-corrected chi connectivity index (χ2v) is 6.19. The Bertz CT molecular complexity index is 805. The van der Waals surface area contributed by atoms with Crippen molar-refractivity contribution in [2.75, 3.05) is 27.9 Å². The quantitative estimate of drug-likeness (QED) is 0.482. The molecule has 144 valence electrons. The van der Waals surface area contributed by atoms with Gasteiger partial charge in [0.2, 0.25) is 11.5 Å². The summed E-state index contributed by atoms with van der Waals surface area (Å²) in [7, 11) is 4.35. The number of rotatable bonds is 8. The van der Waals surface area contributed by atoms with Crippen molar-refractivity contribution in [2.24, 2.45) is 0 Å². The van der Waals surface area contributed by atoms with Gasteiger partial charge in [0.15, 0.2) is 18.1 Å². The van der Waals surface area contributed by atoms with E-state index in [0.717, 1.165) is 0 Å². The Morgan fingerprint density at radius 2 is 1.48 bits per heavy atom. The van der Waals surface area contributed by atoms with Gasteiger partial charge in [-0.05, 0) is 24.3 Å². The molecule has 0 aromatic heterocycles. The van der Waals surface area contributed by atoms with Crippen LogP contribution in [0.1, 0.15) is 15.9 Å². The van der Waals surface area contributed by atoms with Crippen LogP contribution >= 0.6 is 23.2 Å². The van der Waals surface area contributed by atoms with Crippen LogP contribution in [0.25, 0.3) is 0 Å². The highest BCUT2D eigenvalue weighted by Crippen LogP contribution is 2.38. The molecular formula is C19H18Cl2O6. The first kappa shape index (κ1) is 20.9. The average Bonchev–Trinajstić information content (AvgIpc) is 2.67. The lowest BCUT2D eigenvalue weighted by molar-refractivity contribution is -0.141. The minimum atomic E-state index is -0.620. The molecule has 2 aromatic carbocycles. The van der Waals surface area contributed by atoms with Gasteiger partial charge in [-0.2, -0.15) is 0 Å². The van der Waals surface area contributed by atoms with Gasteiger partial charge in [0.25, 0.3) is 0 Å². The Hall–Kier alpha value is -2.44. The van der Waals surface area contributed by atoms with Crippen LogP contribution in [0.2, 0.25) is 10.0 Å². The van der Waals surface area contributed by atoms with Crippen LogP contribution in [0.5, 0.6) is 17.2 Å². The zero-order valence-corrected chi connectivity index (χ0v) is 16.5. The third-order valence-electron chi connectivity index (χ3n) is 3.73. The summed E-state index contributed by atoms with van der Waals surface area (Å²) in [6, 6.07) is 7.90. The number of halogens is 2. The van der Waals surface area contributed by atoms with E-state index in [1.165, 1.54) is 33.5 Å². The van der Waals surface area contributed by atoms with E-state index in [-0.39, 0.29) is 12.0 Å². The molecule has 2 rings (SSSR count). The van der Waals surface area contributed by atoms with Crippen molar-refractivity contribution in [1.29, 1.82) is 0 Å². The molecule has 0 amide bonds. The van der Waals surface area contributed by atoms with Gasteiger partial charge in [0.05, 0.1) is 27.8 Å². The van der Waals surface area contributed by atoms with Crippen LogP contribution in [0, 0.1) is 0 Å². The third kappa shape index (κ3) is 5.05. The monoisotopic (exact) mass is 412 g/mol. The molecule has 2 aromatic rings. The van der Waals surface area contributed by atoms with E-state index in [9.17, 15) is 9.59 Å². The van der Waals surface area contributed by atoms with E-state index in [0.29, 0.717) is 32.9 Å².